The van der Waals surface area contributed by atoms with E-state index in [-0.39, 0.29) is 17.0 Å². The van der Waals surface area contributed by atoms with Crippen molar-refractivity contribution in [2.24, 2.45) is 0 Å². The Hall–Kier alpha value is -4.66. The molecule has 0 saturated carbocycles. The maximum Gasteiger partial charge on any atom is 0.282 e. The van der Waals surface area contributed by atoms with E-state index in [0.717, 1.165) is 10.5 Å². The number of aryl methyl sites for hydroxylation is 1. The lowest BCUT2D eigenvalue weighted by Crippen LogP contribution is -2.33. The van der Waals surface area contributed by atoms with Crippen LogP contribution in [-0.2, 0) is 9.59 Å². The Morgan fingerprint density at radius 1 is 0.882 bits per heavy atom. The molecule has 1 heterocycles. The van der Waals surface area contributed by atoms with Gasteiger partial charge in [-0.25, -0.2) is 4.90 Å². The number of nitro benzene ring substituents is 1. The number of carbonyl (C=O) groups is 2. The van der Waals surface area contributed by atoms with E-state index >= 15 is 0 Å². The number of imide groups is 1. The van der Waals surface area contributed by atoms with Crippen LogP contribution in [0.2, 0.25) is 0 Å². The van der Waals surface area contributed by atoms with Crippen LogP contribution in [0.15, 0.2) is 72.4 Å². The van der Waals surface area contributed by atoms with Crippen molar-refractivity contribution in [1.82, 2.24) is 0 Å². The Balaban J connectivity index is 1.83. The molecule has 1 aliphatic rings. The van der Waals surface area contributed by atoms with Gasteiger partial charge in [-0.3, -0.25) is 19.7 Å². The molecule has 172 valence electrons. The van der Waals surface area contributed by atoms with Gasteiger partial charge in [0.1, 0.15) is 5.70 Å². The second-order valence-electron chi connectivity index (χ2n) is 7.48. The first kappa shape index (κ1) is 22.5. The zero-order valence-corrected chi connectivity index (χ0v) is 18.7. The minimum atomic E-state index is -0.539. The van der Waals surface area contributed by atoms with Crippen LogP contribution in [0.25, 0.3) is 5.57 Å². The number of rotatable bonds is 7. The fourth-order valence-electron chi connectivity index (χ4n) is 3.75. The van der Waals surface area contributed by atoms with Crippen LogP contribution in [0, 0.1) is 17.0 Å². The van der Waals surface area contributed by atoms with Crippen LogP contribution in [-0.4, -0.2) is 31.0 Å². The number of hydrogen-bond acceptors (Lipinski definition) is 7. The summed E-state index contributed by atoms with van der Waals surface area (Å²) in [6, 6.07) is 17.6. The number of benzene rings is 3. The monoisotopic (exact) mass is 459 g/mol. The van der Waals surface area contributed by atoms with Crippen molar-refractivity contribution in [3.63, 3.8) is 0 Å². The van der Waals surface area contributed by atoms with Gasteiger partial charge < -0.3 is 14.8 Å². The average molecular weight is 459 g/mol. The molecule has 0 spiro atoms. The predicted octanol–water partition coefficient (Wildman–Crippen LogP) is 4.32. The second kappa shape index (κ2) is 9.07. The lowest BCUT2D eigenvalue weighted by molar-refractivity contribution is -0.384. The molecule has 9 heteroatoms. The number of hydrogen-bond donors (Lipinski definition) is 1. The molecule has 0 aliphatic carbocycles. The highest BCUT2D eigenvalue weighted by atomic mass is 16.6. The molecule has 3 aromatic rings. The van der Waals surface area contributed by atoms with Crippen molar-refractivity contribution in [3.8, 4) is 11.5 Å². The molecule has 0 unspecified atom stereocenters. The molecular weight excluding hydrogens is 438 g/mol. The summed E-state index contributed by atoms with van der Waals surface area (Å²) >= 11 is 0. The van der Waals surface area contributed by atoms with E-state index in [9.17, 15) is 19.7 Å². The van der Waals surface area contributed by atoms with Crippen molar-refractivity contribution in [3.05, 3.63) is 93.7 Å². The molecule has 0 saturated heterocycles. The summed E-state index contributed by atoms with van der Waals surface area (Å²) in [6.07, 6.45) is 0. The summed E-state index contributed by atoms with van der Waals surface area (Å²) in [5, 5.41) is 14.1. The van der Waals surface area contributed by atoms with E-state index in [1.54, 1.807) is 43.3 Å². The maximum absolute atomic E-state index is 13.5. The lowest BCUT2D eigenvalue weighted by Gasteiger charge is -2.17. The molecule has 2 amide bonds. The number of ether oxygens (including phenoxy) is 2. The van der Waals surface area contributed by atoms with E-state index in [2.05, 4.69) is 5.32 Å². The number of para-hydroxylation sites is 1. The van der Waals surface area contributed by atoms with Crippen LogP contribution in [0.5, 0.6) is 11.5 Å². The number of methoxy groups -OCH3 is 2. The van der Waals surface area contributed by atoms with Crippen LogP contribution < -0.4 is 19.7 Å². The summed E-state index contributed by atoms with van der Waals surface area (Å²) in [7, 11) is 3.01. The zero-order valence-electron chi connectivity index (χ0n) is 18.7. The first-order valence-corrected chi connectivity index (χ1v) is 10.3. The molecule has 0 atom stereocenters. The van der Waals surface area contributed by atoms with Gasteiger partial charge in [-0.15, -0.1) is 0 Å². The van der Waals surface area contributed by atoms with Crippen molar-refractivity contribution in [2.45, 2.75) is 6.92 Å². The van der Waals surface area contributed by atoms with Crippen molar-refractivity contribution in [2.75, 3.05) is 24.4 Å². The number of anilines is 2. The van der Waals surface area contributed by atoms with E-state index in [1.165, 1.54) is 38.5 Å². The Labute approximate surface area is 195 Å². The molecule has 0 aromatic heterocycles. The van der Waals surface area contributed by atoms with Crippen LogP contribution in [0.3, 0.4) is 0 Å². The second-order valence-corrected chi connectivity index (χ2v) is 7.48. The Morgan fingerprint density at radius 3 is 2.18 bits per heavy atom. The fourth-order valence-corrected chi connectivity index (χ4v) is 3.75. The van der Waals surface area contributed by atoms with Gasteiger partial charge in [0.05, 0.1) is 30.4 Å². The molecule has 34 heavy (non-hydrogen) atoms. The quantitative estimate of drug-likeness (QED) is 0.318. The van der Waals surface area contributed by atoms with E-state index in [0.29, 0.717) is 28.4 Å². The van der Waals surface area contributed by atoms with Gasteiger partial charge in [-0.05, 0) is 48.4 Å². The van der Waals surface area contributed by atoms with E-state index in [1.807, 2.05) is 6.07 Å². The normalized spacial score (nSPS) is 13.3. The summed E-state index contributed by atoms with van der Waals surface area (Å²) in [4.78, 5) is 38.7. The molecule has 0 bridgehead atoms. The third-order valence-corrected chi connectivity index (χ3v) is 5.46. The first-order valence-electron chi connectivity index (χ1n) is 10.3. The van der Waals surface area contributed by atoms with Crippen LogP contribution in [0.1, 0.15) is 11.1 Å². The van der Waals surface area contributed by atoms with E-state index in [4.69, 9.17) is 9.47 Å². The SMILES string of the molecule is COc1ccc(NC2=C(c3ccc([N+](=O)[O-])cc3)C(=O)N(c3ccccc3C)C2=O)cc1OC. The third kappa shape index (κ3) is 3.95. The molecule has 1 aliphatic heterocycles. The van der Waals surface area contributed by atoms with Crippen molar-refractivity contribution < 1.29 is 24.0 Å². The maximum atomic E-state index is 13.5. The number of nitro groups is 1. The highest BCUT2D eigenvalue weighted by molar-refractivity contribution is 6.46. The molecule has 3 aromatic carbocycles. The average Bonchev–Trinajstić information content (AvgIpc) is 3.08. The number of nitrogens with zero attached hydrogens (tertiary/aromatic N) is 2. The topological polar surface area (TPSA) is 111 Å². The van der Waals surface area contributed by atoms with Crippen LogP contribution in [0.4, 0.5) is 17.1 Å². The summed E-state index contributed by atoms with van der Waals surface area (Å²) in [6.45, 7) is 1.81. The van der Waals surface area contributed by atoms with Gasteiger partial charge in [0.2, 0.25) is 0 Å². The minimum absolute atomic E-state index is 0.0503. The Morgan fingerprint density at radius 2 is 1.56 bits per heavy atom. The highest BCUT2D eigenvalue weighted by Gasteiger charge is 2.41. The van der Waals surface area contributed by atoms with Gasteiger partial charge in [0.15, 0.2) is 11.5 Å². The lowest BCUT2D eigenvalue weighted by atomic mass is 10.0. The third-order valence-electron chi connectivity index (χ3n) is 5.46. The number of amides is 2. The Bertz CT molecular complexity index is 1330. The smallest absolute Gasteiger partial charge is 0.282 e. The first-order chi connectivity index (χ1) is 16.3. The fraction of sp³-hybridized carbons (Fsp3) is 0.120. The van der Waals surface area contributed by atoms with Crippen LogP contribution >= 0.6 is 0 Å². The number of nitrogens with one attached hydrogen (secondary N) is 1. The van der Waals surface area contributed by atoms with Gasteiger partial charge in [-0.2, -0.15) is 0 Å². The number of non-ortho nitro benzene ring substituents is 1. The van der Waals surface area contributed by atoms with Gasteiger partial charge >= 0.3 is 0 Å². The van der Waals surface area contributed by atoms with Gasteiger partial charge in [-0.1, -0.05) is 18.2 Å². The molecular formula is C25H21N3O6. The summed E-state index contributed by atoms with van der Waals surface area (Å²) in [5.41, 5.74) is 2.13. The molecule has 0 radical (unpaired) electrons. The number of carbonyl (C=O) groups excluding carboxylic acids is 2. The molecule has 0 fully saturated rings. The van der Waals surface area contributed by atoms with Gasteiger partial charge in [0.25, 0.3) is 17.5 Å². The standard InChI is InChI=1S/C25H21N3O6/c1-15-6-4-5-7-19(15)27-24(29)22(16-8-11-18(12-9-16)28(31)32)23(25(27)30)26-17-10-13-20(33-2)21(14-17)34-3/h4-14,26H,1-3H3. The van der Waals surface area contributed by atoms with E-state index < -0.39 is 16.7 Å². The largest absolute Gasteiger partial charge is 0.493 e. The van der Waals surface area contributed by atoms with Crippen molar-refractivity contribution >= 4 is 34.4 Å². The summed E-state index contributed by atoms with van der Waals surface area (Å²) in [5.74, 6) is -0.121. The predicted molar refractivity (Wildman–Crippen MR) is 127 cm³/mol. The summed E-state index contributed by atoms with van der Waals surface area (Å²) < 4.78 is 10.6. The minimum Gasteiger partial charge on any atom is -0.493 e. The molecule has 9 nitrogen and oxygen atoms in total. The Kier molecular flexibility index (Phi) is 6.01. The van der Waals surface area contributed by atoms with Gasteiger partial charge in [0, 0.05) is 23.9 Å². The zero-order chi connectivity index (χ0) is 24.4. The molecule has 1 N–H and O–H groups in total. The highest BCUT2D eigenvalue weighted by Crippen LogP contribution is 2.37. The molecule has 4 rings (SSSR count). The van der Waals surface area contributed by atoms with Crippen molar-refractivity contribution in [1.29, 1.82) is 0 Å².